The van der Waals surface area contributed by atoms with E-state index < -0.39 is 15.9 Å². The van der Waals surface area contributed by atoms with E-state index in [4.69, 9.17) is 9.47 Å². The SMILES string of the molecule is CC(C)Cc1nnc(NC(=O)c2ccccc2NS(=O)(=O)c2ccc3c(c2)OCCO3)s1. The standard InChI is InChI=1S/C21H22N4O5S2/c1-13(2)11-19-23-24-21(31-19)22-20(26)15-5-3-4-6-16(15)25-32(27,28)14-7-8-17-18(12-14)30-10-9-29-17/h3-8,12-13,25H,9-11H2,1-2H3,(H,22,24,26). The Kier molecular flexibility index (Phi) is 6.28. The lowest BCUT2D eigenvalue weighted by Crippen LogP contribution is -2.19. The normalized spacial score (nSPS) is 13.1. The summed E-state index contributed by atoms with van der Waals surface area (Å²) in [5.74, 6) is 0.780. The third-order valence-electron chi connectivity index (χ3n) is 4.51. The molecule has 2 aromatic carbocycles. The second kappa shape index (κ2) is 9.13. The van der Waals surface area contributed by atoms with Crippen LogP contribution in [0.25, 0.3) is 0 Å². The van der Waals surface area contributed by atoms with Gasteiger partial charge in [-0.25, -0.2) is 8.42 Å². The van der Waals surface area contributed by atoms with Crippen LogP contribution in [0.15, 0.2) is 47.4 Å². The number of rotatable bonds is 7. The van der Waals surface area contributed by atoms with Gasteiger partial charge in [-0.3, -0.25) is 14.8 Å². The number of aromatic nitrogens is 2. The van der Waals surface area contributed by atoms with Gasteiger partial charge in [0.1, 0.15) is 18.2 Å². The van der Waals surface area contributed by atoms with Gasteiger partial charge in [-0.05, 0) is 30.2 Å². The fourth-order valence-electron chi connectivity index (χ4n) is 3.06. The molecular formula is C21H22N4O5S2. The highest BCUT2D eigenvalue weighted by molar-refractivity contribution is 7.92. The number of ether oxygens (including phenoxy) is 2. The van der Waals surface area contributed by atoms with Crippen LogP contribution in [-0.4, -0.2) is 37.7 Å². The minimum Gasteiger partial charge on any atom is -0.486 e. The molecule has 1 aliphatic rings. The molecule has 2 N–H and O–H groups in total. The predicted octanol–water partition coefficient (Wildman–Crippen LogP) is 3.56. The van der Waals surface area contributed by atoms with Crippen molar-refractivity contribution in [2.75, 3.05) is 23.3 Å². The van der Waals surface area contributed by atoms with E-state index in [0.29, 0.717) is 35.8 Å². The van der Waals surface area contributed by atoms with E-state index in [9.17, 15) is 13.2 Å². The zero-order chi connectivity index (χ0) is 22.7. The maximum atomic E-state index is 13.0. The molecule has 4 rings (SSSR count). The first kappa shape index (κ1) is 22.0. The monoisotopic (exact) mass is 474 g/mol. The third-order valence-corrected chi connectivity index (χ3v) is 6.73. The quantitative estimate of drug-likeness (QED) is 0.537. The summed E-state index contributed by atoms with van der Waals surface area (Å²) >= 11 is 1.29. The van der Waals surface area contributed by atoms with Crippen LogP contribution >= 0.6 is 11.3 Å². The maximum Gasteiger partial charge on any atom is 0.262 e. The molecule has 1 aromatic heterocycles. The van der Waals surface area contributed by atoms with Gasteiger partial charge in [-0.1, -0.05) is 37.3 Å². The van der Waals surface area contributed by atoms with Crippen LogP contribution in [0.2, 0.25) is 0 Å². The molecular weight excluding hydrogens is 452 g/mol. The second-order valence-corrected chi connectivity index (χ2v) is 10.3. The summed E-state index contributed by atoms with van der Waals surface area (Å²) in [5.41, 5.74) is 0.307. The molecule has 0 unspecified atom stereocenters. The molecule has 9 nitrogen and oxygen atoms in total. The molecule has 0 spiro atoms. The van der Waals surface area contributed by atoms with E-state index in [-0.39, 0.29) is 16.1 Å². The van der Waals surface area contributed by atoms with Crippen LogP contribution in [0.1, 0.15) is 29.2 Å². The third kappa shape index (κ3) is 5.00. The van der Waals surface area contributed by atoms with E-state index in [1.54, 1.807) is 18.2 Å². The molecule has 168 valence electrons. The first-order valence-corrected chi connectivity index (χ1v) is 12.3. The molecule has 0 saturated heterocycles. The lowest BCUT2D eigenvalue weighted by molar-refractivity contribution is 0.102. The number of carbonyl (C=O) groups is 1. The zero-order valence-electron chi connectivity index (χ0n) is 17.5. The Bertz CT molecular complexity index is 1240. The number of carbonyl (C=O) groups excluding carboxylic acids is 1. The van der Waals surface area contributed by atoms with Crippen LogP contribution in [0.4, 0.5) is 10.8 Å². The second-order valence-electron chi connectivity index (χ2n) is 7.51. The van der Waals surface area contributed by atoms with Gasteiger partial charge in [0.2, 0.25) is 5.13 Å². The van der Waals surface area contributed by atoms with Crippen LogP contribution in [-0.2, 0) is 16.4 Å². The number of nitrogens with one attached hydrogen (secondary N) is 2. The van der Waals surface area contributed by atoms with Crippen molar-refractivity contribution in [3.8, 4) is 11.5 Å². The van der Waals surface area contributed by atoms with Crippen molar-refractivity contribution in [1.82, 2.24) is 10.2 Å². The van der Waals surface area contributed by atoms with Gasteiger partial charge in [-0.15, -0.1) is 10.2 Å². The van der Waals surface area contributed by atoms with Crippen LogP contribution < -0.4 is 19.5 Å². The van der Waals surface area contributed by atoms with Gasteiger partial charge in [0.25, 0.3) is 15.9 Å². The number of fused-ring (bicyclic) bond motifs is 1. The molecule has 3 aromatic rings. The van der Waals surface area contributed by atoms with Crippen molar-refractivity contribution in [3.05, 3.63) is 53.0 Å². The summed E-state index contributed by atoms with van der Waals surface area (Å²) < 4.78 is 39.3. The van der Waals surface area contributed by atoms with Gasteiger partial charge in [0.05, 0.1) is 16.1 Å². The molecule has 0 bridgehead atoms. The van der Waals surface area contributed by atoms with Crippen LogP contribution in [0.5, 0.6) is 11.5 Å². The van der Waals surface area contributed by atoms with Gasteiger partial charge in [-0.2, -0.15) is 0 Å². The molecule has 0 atom stereocenters. The highest BCUT2D eigenvalue weighted by Gasteiger charge is 2.22. The van der Waals surface area contributed by atoms with Crippen molar-refractivity contribution in [2.24, 2.45) is 5.92 Å². The summed E-state index contributed by atoms with van der Waals surface area (Å²) in [5, 5.41) is 12.0. The average molecular weight is 475 g/mol. The fourth-order valence-corrected chi connectivity index (χ4v) is 5.11. The fraction of sp³-hybridized carbons (Fsp3) is 0.286. The molecule has 11 heteroatoms. The number of amides is 1. The van der Waals surface area contributed by atoms with Crippen molar-refractivity contribution in [2.45, 2.75) is 25.2 Å². The molecule has 32 heavy (non-hydrogen) atoms. The van der Waals surface area contributed by atoms with Gasteiger partial charge >= 0.3 is 0 Å². The molecule has 0 saturated carbocycles. The number of anilines is 2. The molecule has 1 amide bonds. The van der Waals surface area contributed by atoms with E-state index in [0.717, 1.165) is 11.4 Å². The highest BCUT2D eigenvalue weighted by Crippen LogP contribution is 2.33. The van der Waals surface area contributed by atoms with Gasteiger partial charge in [0, 0.05) is 12.5 Å². The lowest BCUT2D eigenvalue weighted by Gasteiger charge is -2.19. The number of hydrogen-bond donors (Lipinski definition) is 2. The molecule has 0 fully saturated rings. The Morgan fingerprint density at radius 1 is 1.09 bits per heavy atom. The highest BCUT2D eigenvalue weighted by atomic mass is 32.2. The average Bonchev–Trinajstić information content (AvgIpc) is 3.19. The minimum absolute atomic E-state index is 0.000544. The van der Waals surface area contributed by atoms with Crippen molar-refractivity contribution < 1.29 is 22.7 Å². The number of hydrogen-bond acceptors (Lipinski definition) is 8. The number of sulfonamides is 1. The molecule has 0 radical (unpaired) electrons. The Morgan fingerprint density at radius 2 is 1.84 bits per heavy atom. The summed E-state index contributed by atoms with van der Waals surface area (Å²) in [4.78, 5) is 12.8. The minimum atomic E-state index is -3.98. The van der Waals surface area contributed by atoms with E-state index in [1.807, 2.05) is 0 Å². The molecule has 2 heterocycles. The lowest BCUT2D eigenvalue weighted by atomic mass is 10.1. The van der Waals surface area contributed by atoms with E-state index >= 15 is 0 Å². The van der Waals surface area contributed by atoms with Crippen LogP contribution in [0.3, 0.4) is 0 Å². The number of para-hydroxylation sites is 1. The summed E-state index contributed by atoms with van der Waals surface area (Å²) in [6, 6.07) is 10.7. The first-order valence-electron chi connectivity index (χ1n) is 9.97. The topological polar surface area (TPSA) is 120 Å². The number of nitrogens with zero attached hydrogens (tertiary/aromatic N) is 2. The summed E-state index contributed by atoms with van der Waals surface area (Å²) in [7, 11) is -3.98. The zero-order valence-corrected chi connectivity index (χ0v) is 19.1. The predicted molar refractivity (Wildman–Crippen MR) is 121 cm³/mol. The van der Waals surface area contributed by atoms with Gasteiger partial charge < -0.3 is 9.47 Å². The Balaban J connectivity index is 1.54. The van der Waals surface area contributed by atoms with Crippen molar-refractivity contribution in [1.29, 1.82) is 0 Å². The smallest absolute Gasteiger partial charge is 0.262 e. The summed E-state index contributed by atoms with van der Waals surface area (Å²) in [6.45, 7) is 4.90. The van der Waals surface area contributed by atoms with E-state index in [1.165, 1.54) is 35.6 Å². The van der Waals surface area contributed by atoms with Crippen LogP contribution in [0, 0.1) is 5.92 Å². The van der Waals surface area contributed by atoms with Gasteiger partial charge in [0.15, 0.2) is 11.5 Å². The largest absolute Gasteiger partial charge is 0.486 e. The van der Waals surface area contributed by atoms with Crippen molar-refractivity contribution in [3.63, 3.8) is 0 Å². The Labute approximate surface area is 189 Å². The Morgan fingerprint density at radius 3 is 2.62 bits per heavy atom. The molecule has 1 aliphatic heterocycles. The van der Waals surface area contributed by atoms with Crippen molar-refractivity contribution >= 4 is 38.1 Å². The van der Waals surface area contributed by atoms with E-state index in [2.05, 4.69) is 34.1 Å². The Hall–Kier alpha value is -3.18. The molecule has 0 aliphatic carbocycles. The number of benzene rings is 2. The maximum absolute atomic E-state index is 13.0. The summed E-state index contributed by atoms with van der Waals surface area (Å²) in [6.07, 6.45) is 0.763. The first-order chi connectivity index (χ1) is 15.3.